The van der Waals surface area contributed by atoms with E-state index in [0.29, 0.717) is 0 Å². The SMILES string of the molecule is CC(C(=O)O)c1ccccc1.O=C(O)C#Cc1ccccc1. The van der Waals surface area contributed by atoms with Crippen molar-refractivity contribution in [3.8, 4) is 11.8 Å². The summed E-state index contributed by atoms with van der Waals surface area (Å²) in [6, 6.07) is 18.2. The van der Waals surface area contributed by atoms with Crippen LogP contribution in [0.1, 0.15) is 24.0 Å². The minimum Gasteiger partial charge on any atom is -0.481 e. The summed E-state index contributed by atoms with van der Waals surface area (Å²) in [4.78, 5) is 20.5. The van der Waals surface area contributed by atoms with Gasteiger partial charge in [-0.25, -0.2) is 4.79 Å². The van der Waals surface area contributed by atoms with E-state index in [0.717, 1.165) is 11.1 Å². The first kappa shape index (κ1) is 17.0. The van der Waals surface area contributed by atoms with Crippen molar-refractivity contribution in [2.24, 2.45) is 0 Å². The second kappa shape index (κ2) is 8.98. The Morgan fingerprint density at radius 3 is 1.86 bits per heavy atom. The molecule has 0 heterocycles. The van der Waals surface area contributed by atoms with E-state index in [-0.39, 0.29) is 0 Å². The third-order valence-corrected chi connectivity index (χ3v) is 2.76. The van der Waals surface area contributed by atoms with Gasteiger partial charge in [0.2, 0.25) is 0 Å². The third kappa shape index (κ3) is 6.40. The van der Waals surface area contributed by atoms with E-state index in [4.69, 9.17) is 10.2 Å². The smallest absolute Gasteiger partial charge is 0.382 e. The zero-order chi connectivity index (χ0) is 16.4. The molecule has 0 saturated carbocycles. The van der Waals surface area contributed by atoms with Crippen LogP contribution in [0, 0.1) is 11.8 Å². The fourth-order valence-corrected chi connectivity index (χ4v) is 1.53. The van der Waals surface area contributed by atoms with Gasteiger partial charge >= 0.3 is 11.9 Å². The molecule has 0 aliphatic carbocycles. The van der Waals surface area contributed by atoms with Crippen LogP contribution < -0.4 is 0 Å². The first-order chi connectivity index (χ1) is 10.5. The highest BCUT2D eigenvalue weighted by Gasteiger charge is 2.11. The molecule has 2 aromatic carbocycles. The van der Waals surface area contributed by atoms with Gasteiger partial charge in [-0.05, 0) is 24.6 Å². The first-order valence-corrected chi connectivity index (χ1v) is 6.58. The van der Waals surface area contributed by atoms with Gasteiger partial charge in [-0.2, -0.15) is 0 Å². The second-order valence-corrected chi connectivity index (χ2v) is 4.39. The number of hydrogen-bond acceptors (Lipinski definition) is 2. The number of aliphatic carboxylic acids is 2. The van der Waals surface area contributed by atoms with E-state index in [1.54, 1.807) is 19.1 Å². The molecule has 112 valence electrons. The van der Waals surface area contributed by atoms with E-state index in [1.165, 1.54) is 0 Å². The average molecular weight is 296 g/mol. The lowest BCUT2D eigenvalue weighted by atomic mass is 10.0. The van der Waals surface area contributed by atoms with Gasteiger partial charge < -0.3 is 10.2 Å². The van der Waals surface area contributed by atoms with Crippen LogP contribution in [0.25, 0.3) is 0 Å². The highest BCUT2D eigenvalue weighted by atomic mass is 16.4. The van der Waals surface area contributed by atoms with Crippen molar-refractivity contribution in [3.05, 3.63) is 71.8 Å². The third-order valence-electron chi connectivity index (χ3n) is 2.76. The normalized spacial score (nSPS) is 10.2. The molecule has 0 aliphatic heterocycles. The van der Waals surface area contributed by atoms with Crippen molar-refractivity contribution in [2.45, 2.75) is 12.8 Å². The summed E-state index contributed by atoms with van der Waals surface area (Å²) in [6.45, 7) is 1.68. The Morgan fingerprint density at radius 2 is 1.41 bits per heavy atom. The Balaban J connectivity index is 0.000000220. The molecule has 1 unspecified atom stereocenters. The van der Waals surface area contributed by atoms with E-state index >= 15 is 0 Å². The zero-order valence-corrected chi connectivity index (χ0v) is 12.1. The maximum Gasteiger partial charge on any atom is 0.382 e. The van der Waals surface area contributed by atoms with E-state index in [1.807, 2.05) is 54.5 Å². The maximum absolute atomic E-state index is 10.5. The molecule has 22 heavy (non-hydrogen) atoms. The van der Waals surface area contributed by atoms with E-state index in [2.05, 4.69) is 5.92 Å². The Kier molecular flexibility index (Phi) is 6.94. The molecular formula is C18H16O4. The van der Waals surface area contributed by atoms with Gasteiger partial charge in [0, 0.05) is 11.5 Å². The van der Waals surface area contributed by atoms with Crippen molar-refractivity contribution in [3.63, 3.8) is 0 Å². The largest absolute Gasteiger partial charge is 0.481 e. The molecule has 2 N–H and O–H groups in total. The Bertz CT molecular complexity index is 666. The number of carbonyl (C=O) groups is 2. The predicted molar refractivity (Wildman–Crippen MR) is 83.4 cm³/mol. The summed E-state index contributed by atoms with van der Waals surface area (Å²) in [5.41, 5.74) is 1.56. The lowest BCUT2D eigenvalue weighted by Gasteiger charge is -2.04. The Hall–Kier alpha value is -3.06. The van der Waals surface area contributed by atoms with Crippen LogP contribution in [-0.2, 0) is 9.59 Å². The summed E-state index contributed by atoms with van der Waals surface area (Å²) in [5.74, 6) is 2.23. The van der Waals surface area contributed by atoms with Crippen LogP contribution in [0.3, 0.4) is 0 Å². The molecule has 0 bridgehead atoms. The Morgan fingerprint density at radius 1 is 0.909 bits per heavy atom. The van der Waals surface area contributed by atoms with Gasteiger partial charge in [0.05, 0.1) is 5.92 Å². The molecule has 4 heteroatoms. The standard InChI is InChI=1S/C9H10O2.C9H6O2/c1-7(9(10)11)8-5-3-2-4-6-8;10-9(11)7-6-8-4-2-1-3-5-8/h2-7H,1H3,(H,10,11);1-5H,(H,10,11). The number of rotatable bonds is 2. The molecule has 0 amide bonds. The van der Waals surface area contributed by atoms with Gasteiger partial charge in [-0.15, -0.1) is 0 Å². The highest BCUT2D eigenvalue weighted by molar-refractivity contribution is 5.87. The number of carboxylic acids is 2. The molecule has 2 aromatic rings. The second-order valence-electron chi connectivity index (χ2n) is 4.39. The quantitative estimate of drug-likeness (QED) is 0.835. The monoisotopic (exact) mass is 296 g/mol. The summed E-state index contributed by atoms with van der Waals surface area (Å²) in [6.07, 6.45) is 0. The van der Waals surface area contributed by atoms with Gasteiger partial charge in [0.25, 0.3) is 0 Å². The first-order valence-electron chi connectivity index (χ1n) is 6.58. The fraction of sp³-hybridized carbons (Fsp3) is 0.111. The summed E-state index contributed by atoms with van der Waals surface area (Å²) < 4.78 is 0. The van der Waals surface area contributed by atoms with Gasteiger partial charge in [0.1, 0.15) is 0 Å². The molecule has 0 aliphatic rings. The van der Waals surface area contributed by atoms with Crippen LogP contribution in [0.15, 0.2) is 60.7 Å². The number of hydrogen-bond donors (Lipinski definition) is 2. The molecular weight excluding hydrogens is 280 g/mol. The summed E-state index contributed by atoms with van der Waals surface area (Å²) in [5, 5.41) is 16.8. The van der Waals surface area contributed by atoms with Gasteiger partial charge in [-0.3, -0.25) is 4.79 Å². The predicted octanol–water partition coefficient (Wildman–Crippen LogP) is 3.00. The molecule has 0 spiro atoms. The van der Waals surface area contributed by atoms with Crippen LogP contribution >= 0.6 is 0 Å². The summed E-state index contributed by atoms with van der Waals surface area (Å²) in [7, 11) is 0. The minimum atomic E-state index is -1.10. The van der Waals surface area contributed by atoms with Crippen LogP contribution in [-0.4, -0.2) is 22.2 Å². The van der Waals surface area contributed by atoms with E-state index < -0.39 is 17.9 Å². The average Bonchev–Trinajstić information content (AvgIpc) is 2.54. The minimum absolute atomic E-state index is 0.406. The van der Waals surface area contributed by atoms with E-state index in [9.17, 15) is 9.59 Å². The maximum atomic E-state index is 10.5. The molecule has 0 aromatic heterocycles. The van der Waals surface area contributed by atoms with Gasteiger partial charge in [-0.1, -0.05) is 54.5 Å². The molecule has 2 rings (SSSR count). The lowest BCUT2D eigenvalue weighted by Crippen LogP contribution is -2.06. The van der Waals surface area contributed by atoms with Crippen molar-refractivity contribution in [1.82, 2.24) is 0 Å². The molecule has 1 atom stereocenters. The van der Waals surface area contributed by atoms with Crippen LogP contribution in [0.4, 0.5) is 0 Å². The molecule has 0 radical (unpaired) electrons. The molecule has 4 nitrogen and oxygen atoms in total. The number of carboxylic acid groups (broad SMARTS) is 2. The summed E-state index contributed by atoms with van der Waals surface area (Å²) >= 11 is 0. The van der Waals surface area contributed by atoms with Crippen molar-refractivity contribution < 1.29 is 19.8 Å². The van der Waals surface area contributed by atoms with Crippen molar-refractivity contribution in [1.29, 1.82) is 0 Å². The van der Waals surface area contributed by atoms with Crippen molar-refractivity contribution in [2.75, 3.05) is 0 Å². The fourth-order valence-electron chi connectivity index (χ4n) is 1.53. The Labute approximate surface area is 129 Å². The number of benzene rings is 2. The van der Waals surface area contributed by atoms with Gasteiger partial charge in [0.15, 0.2) is 0 Å². The molecule has 0 saturated heterocycles. The van der Waals surface area contributed by atoms with Crippen LogP contribution in [0.2, 0.25) is 0 Å². The lowest BCUT2D eigenvalue weighted by molar-refractivity contribution is -0.138. The van der Waals surface area contributed by atoms with Crippen LogP contribution in [0.5, 0.6) is 0 Å². The zero-order valence-electron chi connectivity index (χ0n) is 12.1. The van der Waals surface area contributed by atoms with Crippen molar-refractivity contribution >= 4 is 11.9 Å². The topological polar surface area (TPSA) is 74.6 Å². The highest BCUT2D eigenvalue weighted by Crippen LogP contribution is 2.13. The molecule has 0 fully saturated rings.